The monoisotopic (exact) mass is 314 g/mol. The van der Waals surface area contributed by atoms with E-state index in [9.17, 15) is 0 Å². The molecule has 1 aliphatic rings. The Hall–Kier alpha value is -1.47. The van der Waals surface area contributed by atoms with Gasteiger partial charge in [-0.05, 0) is 79.0 Å². The molecule has 0 bridgehead atoms. The van der Waals surface area contributed by atoms with Crippen LogP contribution in [0.5, 0.6) is 5.75 Å². The Morgan fingerprint density at radius 2 is 1.77 bits per heavy atom. The van der Waals surface area contributed by atoms with Gasteiger partial charge in [-0.15, -0.1) is 0 Å². The highest BCUT2D eigenvalue weighted by molar-refractivity contribution is 6.30. The molecule has 0 amide bonds. The molecule has 2 heteroatoms. The maximum atomic E-state index is 6.08. The molecule has 0 saturated heterocycles. The second kappa shape index (κ2) is 7.19. The number of rotatable bonds is 6. The molecule has 116 valence electrons. The van der Waals surface area contributed by atoms with Crippen molar-refractivity contribution in [1.29, 1.82) is 0 Å². The number of hydrogen-bond donors (Lipinski definition) is 0. The highest BCUT2D eigenvalue weighted by Gasteiger charge is 2.20. The fourth-order valence-electron chi connectivity index (χ4n) is 3.44. The van der Waals surface area contributed by atoms with Gasteiger partial charge in [0.1, 0.15) is 5.75 Å². The maximum absolute atomic E-state index is 6.08. The van der Waals surface area contributed by atoms with Crippen LogP contribution in [0.25, 0.3) is 0 Å². The van der Waals surface area contributed by atoms with Crippen LogP contribution in [0.3, 0.4) is 0 Å². The zero-order valence-corrected chi connectivity index (χ0v) is 13.9. The van der Waals surface area contributed by atoms with Gasteiger partial charge in [0, 0.05) is 5.02 Å². The van der Waals surface area contributed by atoms with Crippen LogP contribution in [-0.4, -0.2) is 7.11 Å². The predicted octanol–water partition coefficient (Wildman–Crippen LogP) is 5.48. The number of methoxy groups -OCH3 is 1. The van der Waals surface area contributed by atoms with E-state index in [-0.39, 0.29) is 0 Å². The zero-order valence-electron chi connectivity index (χ0n) is 13.1. The lowest BCUT2D eigenvalue weighted by molar-refractivity contribution is 0.414. The van der Waals surface area contributed by atoms with Gasteiger partial charge in [-0.1, -0.05) is 36.2 Å². The van der Waals surface area contributed by atoms with Crippen LogP contribution < -0.4 is 4.74 Å². The van der Waals surface area contributed by atoms with Crippen molar-refractivity contribution in [3.63, 3.8) is 0 Å². The number of unbranched alkanes of at least 4 members (excludes halogenated alkanes) is 1. The summed E-state index contributed by atoms with van der Waals surface area (Å²) >= 11 is 6.08. The molecule has 0 heterocycles. The van der Waals surface area contributed by atoms with E-state index < -0.39 is 0 Å². The van der Waals surface area contributed by atoms with E-state index in [4.69, 9.17) is 16.3 Å². The molecule has 1 nitrogen and oxygen atoms in total. The summed E-state index contributed by atoms with van der Waals surface area (Å²) in [6.07, 6.45) is 7.49. The van der Waals surface area contributed by atoms with Crippen LogP contribution in [0.15, 0.2) is 42.5 Å². The first-order chi connectivity index (χ1) is 10.7. The molecule has 22 heavy (non-hydrogen) atoms. The summed E-state index contributed by atoms with van der Waals surface area (Å²) < 4.78 is 5.19. The molecule has 2 aromatic rings. The first-order valence-corrected chi connectivity index (χ1v) is 8.52. The minimum absolute atomic E-state index is 0.810. The summed E-state index contributed by atoms with van der Waals surface area (Å²) in [6, 6.07) is 14.8. The fraction of sp³-hybridized carbons (Fsp3) is 0.400. The summed E-state index contributed by atoms with van der Waals surface area (Å²) in [5.41, 5.74) is 4.37. The number of ether oxygens (including phenoxy) is 1. The van der Waals surface area contributed by atoms with Crippen molar-refractivity contribution < 1.29 is 4.74 Å². The van der Waals surface area contributed by atoms with E-state index in [2.05, 4.69) is 24.3 Å². The van der Waals surface area contributed by atoms with Crippen molar-refractivity contribution in [2.75, 3.05) is 7.11 Å². The van der Waals surface area contributed by atoms with Gasteiger partial charge < -0.3 is 4.74 Å². The van der Waals surface area contributed by atoms with Crippen molar-refractivity contribution in [2.45, 2.75) is 38.5 Å². The first-order valence-electron chi connectivity index (χ1n) is 8.15. The number of aryl methyl sites for hydroxylation is 1. The molecule has 2 aromatic carbocycles. The van der Waals surface area contributed by atoms with Crippen LogP contribution in [0, 0.1) is 5.92 Å². The van der Waals surface area contributed by atoms with Gasteiger partial charge in [0.2, 0.25) is 0 Å². The van der Waals surface area contributed by atoms with E-state index in [1.807, 2.05) is 18.2 Å². The Kier molecular flexibility index (Phi) is 5.04. The van der Waals surface area contributed by atoms with Crippen molar-refractivity contribution in [3.8, 4) is 5.75 Å². The first kappa shape index (κ1) is 15.4. The Balaban J connectivity index is 1.41. The third kappa shape index (κ3) is 3.84. The lowest BCUT2D eigenvalue weighted by Gasteiger charge is -2.08. The van der Waals surface area contributed by atoms with E-state index in [0.717, 1.165) is 23.1 Å². The van der Waals surface area contributed by atoms with Crippen molar-refractivity contribution in [3.05, 3.63) is 64.2 Å². The van der Waals surface area contributed by atoms with E-state index in [0.29, 0.717) is 0 Å². The molecular formula is C20H23ClO. The van der Waals surface area contributed by atoms with E-state index in [1.54, 1.807) is 7.11 Å². The second-order valence-corrected chi connectivity index (χ2v) is 6.72. The van der Waals surface area contributed by atoms with Gasteiger partial charge in [-0.2, -0.15) is 0 Å². The van der Waals surface area contributed by atoms with Crippen LogP contribution in [0.1, 0.15) is 36.0 Å². The standard InChI is InChI=1S/C20H23ClO/c1-22-20-10-6-15(7-11-20)4-2-3-5-16-12-17-8-9-19(21)14-18(17)13-16/h6-11,14,16H,2-5,12-13H2,1H3. The zero-order chi connectivity index (χ0) is 15.4. The Morgan fingerprint density at radius 1 is 1.00 bits per heavy atom. The highest BCUT2D eigenvalue weighted by atomic mass is 35.5. The molecule has 0 aliphatic heterocycles. The summed E-state index contributed by atoms with van der Waals surface area (Å²) in [5.74, 6) is 1.75. The Bertz CT molecular complexity index is 618. The Morgan fingerprint density at radius 3 is 2.55 bits per heavy atom. The minimum Gasteiger partial charge on any atom is -0.497 e. The number of fused-ring (bicyclic) bond motifs is 1. The van der Waals surface area contributed by atoms with Gasteiger partial charge in [-0.25, -0.2) is 0 Å². The average molecular weight is 315 g/mol. The lowest BCUT2D eigenvalue weighted by atomic mass is 9.97. The maximum Gasteiger partial charge on any atom is 0.118 e. The molecule has 1 aliphatic carbocycles. The van der Waals surface area contributed by atoms with Gasteiger partial charge in [0.15, 0.2) is 0 Å². The van der Waals surface area contributed by atoms with Crippen LogP contribution in [-0.2, 0) is 19.3 Å². The average Bonchev–Trinajstić information content (AvgIpc) is 2.94. The van der Waals surface area contributed by atoms with Crippen molar-refractivity contribution in [2.24, 2.45) is 5.92 Å². The molecule has 0 N–H and O–H groups in total. The van der Waals surface area contributed by atoms with Crippen LogP contribution in [0.2, 0.25) is 5.02 Å². The van der Waals surface area contributed by atoms with E-state index >= 15 is 0 Å². The quantitative estimate of drug-likeness (QED) is 0.642. The molecule has 1 atom stereocenters. The normalized spacial score (nSPS) is 16.5. The SMILES string of the molecule is COc1ccc(CCCCC2Cc3ccc(Cl)cc3C2)cc1. The summed E-state index contributed by atoms with van der Waals surface area (Å²) in [5, 5.41) is 0.874. The van der Waals surface area contributed by atoms with Gasteiger partial charge >= 0.3 is 0 Å². The second-order valence-electron chi connectivity index (χ2n) is 6.28. The third-order valence-electron chi connectivity index (χ3n) is 4.67. The lowest BCUT2D eigenvalue weighted by Crippen LogP contribution is -1.99. The number of halogens is 1. The van der Waals surface area contributed by atoms with Crippen molar-refractivity contribution >= 4 is 11.6 Å². The van der Waals surface area contributed by atoms with Gasteiger partial charge in [-0.3, -0.25) is 0 Å². The van der Waals surface area contributed by atoms with Crippen LogP contribution in [0.4, 0.5) is 0 Å². The largest absolute Gasteiger partial charge is 0.497 e. The predicted molar refractivity (Wildman–Crippen MR) is 92.9 cm³/mol. The summed E-state index contributed by atoms with van der Waals surface area (Å²) in [6.45, 7) is 0. The van der Waals surface area contributed by atoms with Gasteiger partial charge in [0.25, 0.3) is 0 Å². The summed E-state index contributed by atoms with van der Waals surface area (Å²) in [4.78, 5) is 0. The highest BCUT2D eigenvalue weighted by Crippen LogP contribution is 2.31. The van der Waals surface area contributed by atoms with Crippen molar-refractivity contribution in [1.82, 2.24) is 0 Å². The Labute approximate surface area is 138 Å². The topological polar surface area (TPSA) is 9.23 Å². The molecule has 0 saturated carbocycles. The molecule has 3 rings (SSSR count). The molecule has 1 unspecified atom stereocenters. The third-order valence-corrected chi connectivity index (χ3v) is 4.91. The number of hydrogen-bond acceptors (Lipinski definition) is 1. The molecule has 0 aromatic heterocycles. The van der Waals surface area contributed by atoms with E-state index in [1.165, 1.54) is 48.8 Å². The summed E-state index contributed by atoms with van der Waals surface area (Å²) in [7, 11) is 1.71. The smallest absolute Gasteiger partial charge is 0.118 e. The molecule has 0 spiro atoms. The molecular weight excluding hydrogens is 292 g/mol. The van der Waals surface area contributed by atoms with Gasteiger partial charge in [0.05, 0.1) is 7.11 Å². The number of benzene rings is 2. The van der Waals surface area contributed by atoms with Crippen LogP contribution >= 0.6 is 11.6 Å². The molecule has 0 fully saturated rings. The fourth-order valence-corrected chi connectivity index (χ4v) is 3.63. The minimum atomic E-state index is 0.810. The molecule has 0 radical (unpaired) electrons.